The monoisotopic (exact) mass is 566 g/mol. The first-order chi connectivity index (χ1) is 18.6. The van der Waals surface area contributed by atoms with E-state index in [4.69, 9.17) is 23.2 Å². The van der Waals surface area contributed by atoms with E-state index in [2.05, 4.69) is 5.32 Å². The normalized spacial score (nSPS) is 15.7. The molecule has 0 fully saturated rings. The summed E-state index contributed by atoms with van der Waals surface area (Å²) in [4.78, 5) is 53.2. The third kappa shape index (κ3) is 6.14. The van der Waals surface area contributed by atoms with Gasteiger partial charge in [0.25, 0.3) is 11.5 Å². The molecule has 0 saturated carbocycles. The Morgan fingerprint density at radius 1 is 1.13 bits per heavy atom. The SMILES string of the molecule is CN(C)Cc1ccc2c(=O)n(C3=CC=CC(CC(C=O)NC(=O)c4c(Cl)cccc4Cl)C=C3)c(=O)n(C)c2c1. The molecular formula is C29H28Cl2N4O4. The molecule has 1 N–H and O–H groups in total. The van der Waals surface area contributed by atoms with Crippen molar-refractivity contribution in [3.8, 4) is 0 Å². The second-order valence-corrected chi connectivity index (χ2v) is 10.4. The van der Waals surface area contributed by atoms with Gasteiger partial charge in [0.1, 0.15) is 6.29 Å². The van der Waals surface area contributed by atoms with Crippen molar-refractivity contribution in [2.45, 2.75) is 19.0 Å². The number of carbonyl (C=O) groups is 2. The Kier molecular flexibility index (Phi) is 8.70. The number of hydrogen-bond donors (Lipinski definition) is 1. The lowest BCUT2D eigenvalue weighted by atomic mass is 9.99. The van der Waals surface area contributed by atoms with Gasteiger partial charge in [0.15, 0.2) is 0 Å². The highest BCUT2D eigenvalue weighted by atomic mass is 35.5. The third-order valence-electron chi connectivity index (χ3n) is 6.43. The van der Waals surface area contributed by atoms with Crippen LogP contribution >= 0.6 is 23.2 Å². The van der Waals surface area contributed by atoms with Crippen molar-refractivity contribution in [1.29, 1.82) is 0 Å². The Balaban J connectivity index is 1.57. The molecule has 0 aliphatic heterocycles. The molecule has 0 spiro atoms. The Hall–Kier alpha value is -3.72. The van der Waals surface area contributed by atoms with Crippen molar-refractivity contribution < 1.29 is 9.59 Å². The van der Waals surface area contributed by atoms with Crippen LogP contribution in [-0.2, 0) is 18.4 Å². The first-order valence-electron chi connectivity index (χ1n) is 12.3. The minimum absolute atomic E-state index is 0.101. The van der Waals surface area contributed by atoms with Gasteiger partial charge < -0.3 is 15.0 Å². The van der Waals surface area contributed by atoms with Crippen molar-refractivity contribution >= 4 is 52.0 Å². The molecule has 10 heteroatoms. The number of aldehydes is 1. The summed E-state index contributed by atoms with van der Waals surface area (Å²) >= 11 is 12.2. The van der Waals surface area contributed by atoms with E-state index in [1.165, 1.54) is 4.57 Å². The highest BCUT2D eigenvalue weighted by Gasteiger charge is 2.21. The fraction of sp³-hybridized carbons (Fsp3) is 0.241. The molecular weight excluding hydrogens is 539 g/mol. The molecule has 8 nitrogen and oxygen atoms in total. The van der Waals surface area contributed by atoms with Gasteiger partial charge in [-0.05, 0) is 68.4 Å². The van der Waals surface area contributed by atoms with Crippen LogP contribution in [0.2, 0.25) is 10.0 Å². The predicted octanol–water partition coefficient (Wildman–Crippen LogP) is 4.04. The maximum absolute atomic E-state index is 13.4. The molecule has 2 unspecified atom stereocenters. The number of amides is 1. The topological polar surface area (TPSA) is 93.4 Å². The van der Waals surface area contributed by atoms with Gasteiger partial charge in [-0.2, -0.15) is 0 Å². The average molecular weight is 567 g/mol. The zero-order valence-corrected chi connectivity index (χ0v) is 23.2. The molecule has 1 aliphatic rings. The average Bonchev–Trinajstić information content (AvgIpc) is 3.12. The fourth-order valence-electron chi connectivity index (χ4n) is 4.53. The van der Waals surface area contributed by atoms with Crippen molar-refractivity contribution in [2.24, 2.45) is 13.0 Å². The molecule has 0 bridgehead atoms. The Labute approximate surface area is 235 Å². The van der Waals surface area contributed by atoms with Crippen LogP contribution in [0.3, 0.4) is 0 Å². The number of halogens is 2. The molecule has 202 valence electrons. The summed E-state index contributed by atoms with van der Waals surface area (Å²) in [5, 5.41) is 3.46. The van der Waals surface area contributed by atoms with Crippen LogP contribution < -0.4 is 16.6 Å². The first kappa shape index (κ1) is 28.3. The highest BCUT2D eigenvalue weighted by molar-refractivity contribution is 6.39. The molecule has 2 aromatic carbocycles. The summed E-state index contributed by atoms with van der Waals surface area (Å²) in [5.41, 5.74) is 1.17. The van der Waals surface area contributed by atoms with E-state index in [9.17, 15) is 19.2 Å². The number of benzene rings is 2. The van der Waals surface area contributed by atoms with Gasteiger partial charge in [-0.15, -0.1) is 0 Å². The standard InChI is InChI=1S/C29H28Cl2N4O4/c1-33(2)16-19-11-13-22-25(15-19)34(3)29(39)35(28(22)38)21-7-4-6-18(10-12-21)14-20(17-36)32-27(37)26-23(30)8-5-9-24(26)31/h4-13,15,17-18,20H,14,16H2,1-3H3,(H,32,37). The summed E-state index contributed by atoms with van der Waals surface area (Å²) < 4.78 is 2.60. The van der Waals surface area contributed by atoms with Gasteiger partial charge >= 0.3 is 5.69 Å². The van der Waals surface area contributed by atoms with Gasteiger partial charge in [-0.1, -0.05) is 53.6 Å². The molecule has 0 saturated heterocycles. The van der Waals surface area contributed by atoms with Crippen LogP contribution in [0.5, 0.6) is 0 Å². The number of nitrogens with zero attached hydrogens (tertiary/aromatic N) is 3. The van der Waals surface area contributed by atoms with Gasteiger partial charge in [0, 0.05) is 13.6 Å². The van der Waals surface area contributed by atoms with Crippen LogP contribution in [-0.4, -0.2) is 46.4 Å². The number of carbonyl (C=O) groups excluding carboxylic acids is 2. The second kappa shape index (κ2) is 12.0. The lowest BCUT2D eigenvalue weighted by Crippen LogP contribution is -2.38. The Bertz CT molecular complexity index is 1630. The van der Waals surface area contributed by atoms with Crippen molar-refractivity contribution in [3.05, 3.63) is 109 Å². The molecule has 1 aliphatic carbocycles. The van der Waals surface area contributed by atoms with Crippen LogP contribution in [0.1, 0.15) is 22.3 Å². The van der Waals surface area contributed by atoms with Crippen LogP contribution in [0, 0.1) is 5.92 Å². The number of aryl methyl sites for hydroxylation is 1. The molecule has 1 heterocycles. The fourth-order valence-corrected chi connectivity index (χ4v) is 5.10. The maximum atomic E-state index is 13.4. The van der Waals surface area contributed by atoms with Gasteiger partial charge in [0.2, 0.25) is 0 Å². The Morgan fingerprint density at radius 3 is 2.51 bits per heavy atom. The number of nitrogens with one attached hydrogen (secondary N) is 1. The van der Waals surface area contributed by atoms with E-state index in [0.717, 1.165) is 10.1 Å². The van der Waals surface area contributed by atoms with E-state index < -0.39 is 23.2 Å². The number of aromatic nitrogens is 2. The molecule has 39 heavy (non-hydrogen) atoms. The molecule has 2 atom stereocenters. The van der Waals surface area contributed by atoms with E-state index >= 15 is 0 Å². The van der Waals surface area contributed by atoms with Crippen LogP contribution in [0.4, 0.5) is 0 Å². The van der Waals surface area contributed by atoms with E-state index in [-0.39, 0.29) is 27.9 Å². The minimum Gasteiger partial charge on any atom is -0.342 e. The van der Waals surface area contributed by atoms with E-state index in [0.29, 0.717) is 29.4 Å². The van der Waals surface area contributed by atoms with Gasteiger partial charge in [-0.3, -0.25) is 14.2 Å². The summed E-state index contributed by atoms with van der Waals surface area (Å²) in [6, 6.07) is 9.39. The second-order valence-electron chi connectivity index (χ2n) is 9.62. The van der Waals surface area contributed by atoms with Crippen molar-refractivity contribution in [2.75, 3.05) is 14.1 Å². The molecule has 1 aromatic heterocycles. The van der Waals surface area contributed by atoms with Crippen LogP contribution in [0.15, 0.2) is 76.4 Å². The minimum atomic E-state index is -0.821. The first-order valence-corrected chi connectivity index (χ1v) is 13.0. The predicted molar refractivity (Wildman–Crippen MR) is 155 cm³/mol. The summed E-state index contributed by atoms with van der Waals surface area (Å²) in [6.45, 7) is 0.682. The smallest absolute Gasteiger partial charge is 0.335 e. The van der Waals surface area contributed by atoms with Gasteiger partial charge in [0.05, 0.1) is 38.3 Å². The van der Waals surface area contributed by atoms with Crippen LogP contribution in [0.25, 0.3) is 16.6 Å². The van der Waals surface area contributed by atoms with Crippen molar-refractivity contribution in [3.63, 3.8) is 0 Å². The number of allylic oxidation sites excluding steroid dienone is 6. The number of fused-ring (bicyclic) bond motifs is 1. The largest absolute Gasteiger partial charge is 0.342 e. The lowest BCUT2D eigenvalue weighted by Gasteiger charge is -2.17. The Morgan fingerprint density at radius 2 is 1.85 bits per heavy atom. The number of hydrogen-bond acceptors (Lipinski definition) is 5. The molecule has 1 amide bonds. The van der Waals surface area contributed by atoms with Crippen molar-refractivity contribution in [1.82, 2.24) is 19.4 Å². The maximum Gasteiger partial charge on any atom is 0.335 e. The number of rotatable bonds is 8. The zero-order chi connectivity index (χ0) is 28.3. The highest BCUT2D eigenvalue weighted by Crippen LogP contribution is 2.25. The van der Waals surface area contributed by atoms with Gasteiger partial charge in [-0.25, -0.2) is 9.36 Å². The molecule has 3 aromatic rings. The summed E-state index contributed by atoms with van der Waals surface area (Å²) in [5.74, 6) is -0.812. The lowest BCUT2D eigenvalue weighted by molar-refractivity contribution is -0.109. The molecule has 0 radical (unpaired) electrons. The molecule has 4 rings (SSSR count). The van der Waals surface area contributed by atoms with E-state index in [1.807, 2.05) is 37.2 Å². The zero-order valence-electron chi connectivity index (χ0n) is 21.7. The summed E-state index contributed by atoms with van der Waals surface area (Å²) in [6.07, 6.45) is 9.60. The summed E-state index contributed by atoms with van der Waals surface area (Å²) in [7, 11) is 5.54. The quantitative estimate of drug-likeness (QED) is 0.415. The van der Waals surface area contributed by atoms with E-state index in [1.54, 1.807) is 55.6 Å². The third-order valence-corrected chi connectivity index (χ3v) is 7.06.